The summed E-state index contributed by atoms with van der Waals surface area (Å²) in [5.41, 5.74) is 10.9. The van der Waals surface area contributed by atoms with E-state index in [4.69, 9.17) is 0 Å². The van der Waals surface area contributed by atoms with Crippen LogP contribution in [-0.2, 0) is 0 Å². The third-order valence-corrected chi connectivity index (χ3v) is 34.8. The number of benzene rings is 4. The van der Waals surface area contributed by atoms with Crippen LogP contribution < -0.4 is 31.0 Å². The first-order valence-corrected chi connectivity index (χ1v) is 28.3. The molecule has 4 aromatic carbocycles. The summed E-state index contributed by atoms with van der Waals surface area (Å²) in [6, 6.07) is 29.2. The monoisotopic (exact) mass is 642 g/mol. The molecule has 1 atom stereocenters. The van der Waals surface area contributed by atoms with Crippen molar-refractivity contribution in [1.29, 1.82) is 0 Å². The predicted octanol–water partition coefficient (Wildman–Crippen LogP) is 9.20. The summed E-state index contributed by atoms with van der Waals surface area (Å²) in [5, 5.41) is 6.22. The van der Waals surface area contributed by atoms with E-state index >= 15 is 0 Å². The van der Waals surface area contributed by atoms with Crippen molar-refractivity contribution in [1.82, 2.24) is 0 Å². The molecule has 5 rings (SSSR count). The van der Waals surface area contributed by atoms with Crippen LogP contribution in [0, 0.1) is 27.7 Å². The van der Waals surface area contributed by atoms with Gasteiger partial charge in [0.05, 0.1) is 0 Å². The van der Waals surface area contributed by atoms with Crippen LogP contribution in [0.3, 0.4) is 0 Å². The van der Waals surface area contributed by atoms with Crippen molar-refractivity contribution >= 4 is 73.7 Å². The molecular weight excluding hydrogens is 591 g/mol. The molecule has 228 valence electrons. The van der Waals surface area contributed by atoms with Crippen LogP contribution in [0.1, 0.15) is 22.3 Å². The third kappa shape index (κ3) is 5.59. The fraction of sp³-hybridized carbons (Fsp3) is 0.351. The summed E-state index contributed by atoms with van der Waals surface area (Å²) in [6.45, 7) is 25.1. The summed E-state index contributed by atoms with van der Waals surface area (Å²) in [7, 11) is 0.630. The molecule has 0 saturated heterocycles. The number of hydrogen-bond donors (Lipinski definition) is 0. The van der Waals surface area contributed by atoms with Gasteiger partial charge < -0.3 is 0 Å². The van der Waals surface area contributed by atoms with Crippen molar-refractivity contribution in [3.05, 3.63) is 95.1 Å². The molecule has 0 aliphatic carbocycles. The fourth-order valence-corrected chi connectivity index (χ4v) is 26.0. The molecule has 0 N–H and O–H groups in total. The molecule has 6 heteroatoms. The summed E-state index contributed by atoms with van der Waals surface area (Å²) >= 11 is 0. The molecule has 43 heavy (non-hydrogen) atoms. The summed E-state index contributed by atoms with van der Waals surface area (Å²) in [5.74, 6) is 0. The molecule has 1 aliphatic rings. The molecule has 0 amide bonds. The Labute approximate surface area is 265 Å². The molecule has 1 unspecified atom stereocenters. The second-order valence-electron chi connectivity index (χ2n) is 15.0. The van der Waals surface area contributed by atoms with E-state index in [2.05, 4.69) is 170 Å². The summed E-state index contributed by atoms with van der Waals surface area (Å²) in [4.78, 5) is 5.15. The molecule has 2 nitrogen and oxygen atoms in total. The Balaban J connectivity index is 2.04. The van der Waals surface area contributed by atoms with Crippen LogP contribution in [0.5, 0.6) is 0 Å². The summed E-state index contributed by atoms with van der Waals surface area (Å²) in [6.07, 6.45) is 0. The van der Waals surface area contributed by atoms with Gasteiger partial charge >= 0.3 is 266 Å². The van der Waals surface area contributed by atoms with Crippen molar-refractivity contribution < 1.29 is 0 Å². The molecule has 0 spiro atoms. The number of anilines is 4. The first kappa shape index (κ1) is 32.2. The maximum absolute atomic E-state index is 2.68. The van der Waals surface area contributed by atoms with Crippen molar-refractivity contribution in [2.75, 3.05) is 30.6 Å². The van der Waals surface area contributed by atoms with E-state index in [1.54, 1.807) is 10.6 Å². The number of fused-ring (bicyclic) bond motifs is 4. The first-order chi connectivity index (χ1) is 19.9. The van der Waals surface area contributed by atoms with Crippen LogP contribution in [0.15, 0.2) is 72.8 Å². The van der Waals surface area contributed by atoms with E-state index in [0.717, 1.165) is 0 Å². The molecule has 0 aromatic heterocycles. The summed E-state index contributed by atoms with van der Waals surface area (Å²) < 4.78 is 0. The Morgan fingerprint density at radius 1 is 0.512 bits per heavy atom. The minimum atomic E-state index is -2.24. The zero-order valence-corrected chi connectivity index (χ0v) is 32.7. The van der Waals surface area contributed by atoms with Crippen LogP contribution in [0.4, 0.5) is 22.7 Å². The van der Waals surface area contributed by atoms with Crippen LogP contribution in [-0.4, -0.2) is 36.2 Å². The van der Waals surface area contributed by atoms with E-state index in [1.807, 2.05) is 0 Å². The van der Waals surface area contributed by atoms with Crippen molar-refractivity contribution in [3.63, 3.8) is 0 Å². The second-order valence-corrected chi connectivity index (χ2v) is 41.7. The molecular formula is C37H52N2P2Si2. The van der Waals surface area contributed by atoms with Crippen LogP contribution in [0.25, 0.3) is 0 Å². The second kappa shape index (κ2) is 11.3. The van der Waals surface area contributed by atoms with Gasteiger partial charge in [0, 0.05) is 0 Å². The molecule has 0 bridgehead atoms. The van der Waals surface area contributed by atoms with E-state index in [1.165, 1.54) is 55.6 Å². The molecule has 0 fully saturated rings. The maximum atomic E-state index is 2.68. The Kier molecular flexibility index (Phi) is 8.45. The zero-order chi connectivity index (χ0) is 31.6. The Morgan fingerprint density at radius 2 is 1.00 bits per heavy atom. The average Bonchev–Trinajstić information content (AvgIpc) is 2.91. The standard InChI is InChI=1S/C37H52N2P2Si2/c1-26-16-20-34-32(22-26)39(6)33-23-27(2)17-21-36(33)41(7,43(11,12)13)37-25-29(4)15-19-31(37)38(5)30-18-14-28(3)24-35(30)40(34)42(8,9)10/h14-25,41H,1-13H3. The van der Waals surface area contributed by atoms with Crippen LogP contribution in [0.2, 0.25) is 39.3 Å². The van der Waals surface area contributed by atoms with Crippen molar-refractivity contribution in [2.45, 2.75) is 67.0 Å². The third-order valence-electron chi connectivity index (χ3n) is 9.74. The normalized spacial score (nSPS) is 17.6. The van der Waals surface area contributed by atoms with Gasteiger partial charge in [-0.05, 0) is 0 Å². The zero-order valence-electron chi connectivity index (χ0n) is 28.8. The van der Waals surface area contributed by atoms with E-state index < -0.39 is 29.8 Å². The first-order valence-electron chi connectivity index (χ1n) is 15.7. The SMILES string of the molecule is Cc1ccc2c(c1)N(C)c1cc(C)ccc1[PH](C)([Si](C)(C)C)c1cc(C)ccc1N(C)c1ccc(C)cc1P2[Si](C)(C)C. The predicted molar refractivity (Wildman–Crippen MR) is 207 cm³/mol. The fourth-order valence-electron chi connectivity index (χ4n) is 6.94. The molecule has 0 radical (unpaired) electrons. The van der Waals surface area contributed by atoms with E-state index in [9.17, 15) is 0 Å². The quantitative estimate of drug-likeness (QED) is 0.159. The van der Waals surface area contributed by atoms with Gasteiger partial charge in [0.15, 0.2) is 0 Å². The average molecular weight is 643 g/mol. The van der Waals surface area contributed by atoms with Crippen molar-refractivity contribution in [3.8, 4) is 0 Å². The van der Waals surface area contributed by atoms with Crippen molar-refractivity contribution in [2.24, 2.45) is 0 Å². The van der Waals surface area contributed by atoms with Gasteiger partial charge in [-0.2, -0.15) is 0 Å². The molecule has 0 saturated carbocycles. The van der Waals surface area contributed by atoms with E-state index in [-0.39, 0.29) is 0 Å². The van der Waals surface area contributed by atoms with Gasteiger partial charge in [-0.25, -0.2) is 0 Å². The molecule has 1 heterocycles. The Morgan fingerprint density at radius 3 is 1.60 bits per heavy atom. The van der Waals surface area contributed by atoms with Crippen LogP contribution >= 0.6 is 14.3 Å². The number of rotatable bonds is 2. The number of nitrogens with zero attached hydrogens (tertiary/aromatic N) is 2. The number of hydrogen-bond acceptors (Lipinski definition) is 2. The Hall–Kier alpha value is -2.23. The van der Waals surface area contributed by atoms with Gasteiger partial charge in [-0.3, -0.25) is 0 Å². The van der Waals surface area contributed by atoms with Gasteiger partial charge in [0.25, 0.3) is 0 Å². The van der Waals surface area contributed by atoms with Gasteiger partial charge in [-0.1, -0.05) is 0 Å². The molecule has 1 aliphatic heterocycles. The Bertz CT molecular complexity index is 1700. The van der Waals surface area contributed by atoms with Gasteiger partial charge in [0.1, 0.15) is 0 Å². The topological polar surface area (TPSA) is 6.48 Å². The van der Waals surface area contributed by atoms with Gasteiger partial charge in [0.2, 0.25) is 0 Å². The number of aryl methyl sites for hydroxylation is 4. The van der Waals surface area contributed by atoms with E-state index in [0.29, 0.717) is 0 Å². The minimum absolute atomic E-state index is 0.583. The molecule has 4 aromatic rings. The van der Waals surface area contributed by atoms with Gasteiger partial charge in [-0.15, -0.1) is 0 Å².